The SMILES string of the molecule is O=C(C=Cc1ccc([N+](=O)[O-])s1)Nc1nc2c(cc3c4c(cccc42)CC3)s1. The third-order valence-electron chi connectivity index (χ3n) is 4.77. The summed E-state index contributed by atoms with van der Waals surface area (Å²) < 4.78 is 1.06. The van der Waals surface area contributed by atoms with Gasteiger partial charge in [-0.2, -0.15) is 0 Å². The molecular formula is C20H13N3O3S2. The van der Waals surface area contributed by atoms with E-state index in [-0.39, 0.29) is 10.9 Å². The average molecular weight is 407 g/mol. The zero-order valence-corrected chi connectivity index (χ0v) is 16.1. The van der Waals surface area contributed by atoms with Gasteiger partial charge in [0.2, 0.25) is 5.91 Å². The number of thiazole rings is 1. The first-order chi connectivity index (χ1) is 13.6. The summed E-state index contributed by atoms with van der Waals surface area (Å²) in [6.07, 6.45) is 5.05. The van der Waals surface area contributed by atoms with Crippen LogP contribution in [-0.2, 0) is 17.6 Å². The van der Waals surface area contributed by atoms with E-state index in [1.165, 1.54) is 40.0 Å². The Kier molecular flexibility index (Phi) is 3.96. The van der Waals surface area contributed by atoms with E-state index in [1.807, 2.05) is 0 Å². The van der Waals surface area contributed by atoms with Crippen molar-refractivity contribution < 1.29 is 9.72 Å². The fourth-order valence-corrected chi connectivity index (χ4v) is 5.27. The Bertz CT molecular complexity index is 1300. The fourth-order valence-electron chi connectivity index (χ4n) is 3.59. The van der Waals surface area contributed by atoms with Gasteiger partial charge in [-0.3, -0.25) is 20.2 Å². The lowest BCUT2D eigenvalue weighted by molar-refractivity contribution is -0.380. The summed E-state index contributed by atoms with van der Waals surface area (Å²) in [5.74, 6) is -0.313. The molecule has 0 fully saturated rings. The molecule has 4 aromatic rings. The number of benzene rings is 2. The Morgan fingerprint density at radius 1 is 1.18 bits per heavy atom. The topological polar surface area (TPSA) is 85.1 Å². The molecule has 8 heteroatoms. The maximum atomic E-state index is 12.2. The first kappa shape index (κ1) is 17.0. The number of anilines is 1. The van der Waals surface area contributed by atoms with Crippen molar-refractivity contribution in [2.45, 2.75) is 12.8 Å². The van der Waals surface area contributed by atoms with Crippen molar-refractivity contribution in [1.82, 2.24) is 4.98 Å². The molecule has 0 aliphatic heterocycles. The van der Waals surface area contributed by atoms with E-state index in [1.54, 1.807) is 12.1 Å². The zero-order chi connectivity index (χ0) is 19.3. The molecular weight excluding hydrogens is 394 g/mol. The number of amides is 1. The normalized spacial score (nSPS) is 13.0. The van der Waals surface area contributed by atoms with Crippen molar-refractivity contribution in [3.8, 4) is 0 Å². The number of rotatable bonds is 4. The molecule has 6 nitrogen and oxygen atoms in total. The Labute approximate surface area is 167 Å². The molecule has 0 saturated heterocycles. The molecule has 0 radical (unpaired) electrons. The summed E-state index contributed by atoms with van der Waals surface area (Å²) in [6, 6.07) is 11.5. The van der Waals surface area contributed by atoms with Gasteiger partial charge in [0.05, 0.1) is 15.1 Å². The van der Waals surface area contributed by atoms with Crippen molar-refractivity contribution >= 4 is 65.8 Å². The second-order valence-electron chi connectivity index (χ2n) is 6.50. The smallest absolute Gasteiger partial charge is 0.298 e. The quantitative estimate of drug-likeness (QED) is 0.287. The molecule has 2 aromatic heterocycles. The van der Waals surface area contributed by atoms with Crippen molar-refractivity contribution in [3.63, 3.8) is 0 Å². The van der Waals surface area contributed by atoms with Gasteiger partial charge in [-0.15, -0.1) is 0 Å². The first-order valence-corrected chi connectivity index (χ1v) is 10.3. The van der Waals surface area contributed by atoms with Gasteiger partial charge in [0, 0.05) is 22.4 Å². The molecule has 1 N–H and O–H groups in total. The molecule has 0 unspecified atom stereocenters. The standard InChI is InChI=1S/C20H13N3O3S2/c24-16(8-6-13-7-9-17(27-13)23(25)26)21-20-22-19-14-3-1-2-11-4-5-12(18(11)14)10-15(19)28-20/h1-3,6-10H,4-5H2,(H,21,22,24). The van der Waals surface area contributed by atoms with E-state index in [2.05, 4.69) is 34.6 Å². The molecule has 0 spiro atoms. The van der Waals surface area contributed by atoms with Crippen LogP contribution in [0.1, 0.15) is 16.0 Å². The third-order valence-corrected chi connectivity index (χ3v) is 6.69. The molecule has 1 aliphatic carbocycles. The number of hydrogen-bond donors (Lipinski definition) is 1. The Hall–Kier alpha value is -3.10. The largest absolute Gasteiger partial charge is 0.324 e. The van der Waals surface area contributed by atoms with Gasteiger partial charge in [0.1, 0.15) is 0 Å². The Morgan fingerprint density at radius 2 is 2.04 bits per heavy atom. The number of aromatic nitrogens is 1. The summed E-state index contributed by atoms with van der Waals surface area (Å²) in [7, 11) is 0. The lowest BCUT2D eigenvalue weighted by Gasteiger charge is -2.02. The number of hydrogen-bond acceptors (Lipinski definition) is 6. The van der Waals surface area contributed by atoms with E-state index < -0.39 is 4.92 Å². The van der Waals surface area contributed by atoms with Crippen LogP contribution in [0.15, 0.2) is 42.5 Å². The number of carbonyl (C=O) groups is 1. The number of nitrogens with zero attached hydrogens (tertiary/aromatic N) is 2. The van der Waals surface area contributed by atoms with Crippen molar-refractivity contribution in [1.29, 1.82) is 0 Å². The van der Waals surface area contributed by atoms with Crippen molar-refractivity contribution in [2.75, 3.05) is 5.32 Å². The van der Waals surface area contributed by atoms with E-state index >= 15 is 0 Å². The van der Waals surface area contributed by atoms with E-state index in [0.717, 1.165) is 39.8 Å². The molecule has 1 aliphatic rings. The fraction of sp³-hybridized carbons (Fsp3) is 0.100. The van der Waals surface area contributed by atoms with Crippen LogP contribution in [0.5, 0.6) is 0 Å². The molecule has 0 saturated carbocycles. The van der Waals surface area contributed by atoms with Crippen LogP contribution in [0, 0.1) is 10.1 Å². The minimum atomic E-state index is -0.442. The minimum Gasteiger partial charge on any atom is -0.298 e. The number of carbonyl (C=O) groups excluding carboxylic acids is 1. The second kappa shape index (κ2) is 6.50. The molecule has 5 rings (SSSR count). The van der Waals surface area contributed by atoms with Crippen LogP contribution in [-0.4, -0.2) is 15.8 Å². The van der Waals surface area contributed by atoms with Crippen LogP contribution in [0.3, 0.4) is 0 Å². The van der Waals surface area contributed by atoms with Gasteiger partial charge in [-0.05, 0) is 47.6 Å². The van der Waals surface area contributed by atoms with Gasteiger partial charge in [0.25, 0.3) is 0 Å². The van der Waals surface area contributed by atoms with Gasteiger partial charge < -0.3 is 0 Å². The minimum absolute atomic E-state index is 0.0507. The van der Waals surface area contributed by atoms with Crippen LogP contribution >= 0.6 is 22.7 Å². The lowest BCUT2D eigenvalue weighted by Crippen LogP contribution is -2.07. The molecule has 0 bridgehead atoms. The highest BCUT2D eigenvalue weighted by molar-refractivity contribution is 7.22. The maximum Gasteiger partial charge on any atom is 0.324 e. The maximum absolute atomic E-state index is 12.2. The lowest BCUT2D eigenvalue weighted by atomic mass is 10.0. The highest BCUT2D eigenvalue weighted by Crippen LogP contribution is 2.39. The second-order valence-corrected chi connectivity index (χ2v) is 8.62. The summed E-state index contributed by atoms with van der Waals surface area (Å²) in [5, 5.41) is 16.6. The van der Waals surface area contributed by atoms with Gasteiger partial charge in [-0.25, -0.2) is 4.98 Å². The molecule has 0 atom stereocenters. The number of aryl methyl sites for hydroxylation is 2. The van der Waals surface area contributed by atoms with E-state index in [9.17, 15) is 14.9 Å². The summed E-state index contributed by atoms with van der Waals surface area (Å²) in [4.78, 5) is 27.8. The van der Waals surface area contributed by atoms with Crippen molar-refractivity contribution in [3.05, 3.63) is 68.6 Å². The van der Waals surface area contributed by atoms with Crippen molar-refractivity contribution in [2.24, 2.45) is 0 Å². The van der Waals surface area contributed by atoms with Gasteiger partial charge in [0.15, 0.2) is 5.13 Å². The summed E-state index contributed by atoms with van der Waals surface area (Å²) in [5.41, 5.74) is 3.63. The highest BCUT2D eigenvalue weighted by atomic mass is 32.1. The first-order valence-electron chi connectivity index (χ1n) is 8.66. The number of nitro groups is 1. The monoisotopic (exact) mass is 407 g/mol. The third kappa shape index (κ3) is 2.87. The molecule has 2 aromatic carbocycles. The van der Waals surface area contributed by atoms with Crippen LogP contribution in [0.2, 0.25) is 0 Å². The molecule has 2 heterocycles. The predicted molar refractivity (Wildman–Crippen MR) is 113 cm³/mol. The predicted octanol–water partition coefficient (Wildman–Crippen LogP) is 5.17. The van der Waals surface area contributed by atoms with E-state index in [4.69, 9.17) is 0 Å². The number of thiophene rings is 1. The highest BCUT2D eigenvalue weighted by Gasteiger charge is 2.18. The zero-order valence-electron chi connectivity index (χ0n) is 14.5. The molecule has 138 valence electrons. The summed E-state index contributed by atoms with van der Waals surface area (Å²) in [6.45, 7) is 0. The van der Waals surface area contributed by atoms with Crippen LogP contribution in [0.25, 0.3) is 27.1 Å². The molecule has 28 heavy (non-hydrogen) atoms. The van der Waals surface area contributed by atoms with Gasteiger partial charge >= 0.3 is 5.00 Å². The Balaban J connectivity index is 1.41. The summed E-state index contributed by atoms with van der Waals surface area (Å²) >= 11 is 2.48. The number of fused-ring (bicyclic) bond motifs is 2. The van der Waals surface area contributed by atoms with Gasteiger partial charge in [-0.1, -0.05) is 40.9 Å². The van der Waals surface area contributed by atoms with E-state index in [0.29, 0.717) is 10.0 Å². The Morgan fingerprint density at radius 3 is 2.86 bits per heavy atom. The number of nitrogens with one attached hydrogen (secondary N) is 1. The van der Waals surface area contributed by atoms with Crippen LogP contribution < -0.4 is 5.32 Å². The molecule has 1 amide bonds. The van der Waals surface area contributed by atoms with Crippen LogP contribution in [0.4, 0.5) is 10.1 Å². The average Bonchev–Trinajstić information content (AvgIpc) is 3.39.